The summed E-state index contributed by atoms with van der Waals surface area (Å²) in [7, 11) is -2.21. The normalized spacial score (nSPS) is 12.5. The molecular formula is C13H19NO3S. The number of benzene rings is 1. The molecule has 18 heavy (non-hydrogen) atoms. The first-order valence-electron chi connectivity index (χ1n) is 5.94. The number of sulfonamides is 1. The van der Waals surface area contributed by atoms with Crippen LogP contribution in [0.15, 0.2) is 33.6 Å². The molecule has 0 bridgehead atoms. The smallest absolute Gasteiger partial charge is 0.285 e. The molecule has 100 valence electrons. The summed E-state index contributed by atoms with van der Waals surface area (Å²) in [4.78, 5) is 0.194. The van der Waals surface area contributed by atoms with Gasteiger partial charge in [0.25, 0.3) is 10.0 Å². The predicted octanol–water partition coefficient (Wildman–Crippen LogP) is 2.92. The largest absolute Gasteiger partial charge is 0.484 e. The molecule has 0 fully saturated rings. The van der Waals surface area contributed by atoms with Crippen LogP contribution in [0.2, 0.25) is 0 Å². The van der Waals surface area contributed by atoms with Crippen LogP contribution in [0.5, 0.6) is 0 Å². The van der Waals surface area contributed by atoms with Gasteiger partial charge in [-0.3, -0.25) is 0 Å². The van der Waals surface area contributed by atoms with Gasteiger partial charge in [0.15, 0.2) is 5.90 Å². The maximum absolute atomic E-state index is 12.0. The van der Waals surface area contributed by atoms with Crippen LogP contribution in [-0.2, 0) is 14.8 Å². The number of ether oxygens (including phenoxy) is 1. The molecule has 0 heterocycles. The maximum atomic E-state index is 12.0. The van der Waals surface area contributed by atoms with E-state index < -0.39 is 10.0 Å². The van der Waals surface area contributed by atoms with Crippen molar-refractivity contribution >= 4 is 15.9 Å². The Morgan fingerprint density at radius 1 is 1.28 bits per heavy atom. The zero-order chi connectivity index (χ0) is 13.6. The molecule has 0 amide bonds. The number of methoxy groups -OCH3 is 1. The lowest BCUT2D eigenvalue weighted by Crippen LogP contribution is -2.07. The first kappa shape index (κ1) is 14.7. The van der Waals surface area contributed by atoms with E-state index in [2.05, 4.69) is 4.40 Å². The van der Waals surface area contributed by atoms with Crippen LogP contribution >= 0.6 is 0 Å². The van der Waals surface area contributed by atoms with Gasteiger partial charge >= 0.3 is 0 Å². The maximum Gasteiger partial charge on any atom is 0.285 e. The highest BCUT2D eigenvalue weighted by Crippen LogP contribution is 2.14. The Hall–Kier alpha value is -1.36. The van der Waals surface area contributed by atoms with Crippen molar-refractivity contribution in [1.29, 1.82) is 0 Å². The van der Waals surface area contributed by atoms with Crippen molar-refractivity contribution in [3.8, 4) is 0 Å². The highest BCUT2D eigenvalue weighted by atomic mass is 32.2. The average molecular weight is 269 g/mol. The summed E-state index contributed by atoms with van der Waals surface area (Å²) >= 11 is 0. The van der Waals surface area contributed by atoms with Gasteiger partial charge in [0.05, 0.1) is 12.0 Å². The summed E-state index contributed by atoms with van der Waals surface area (Å²) < 4.78 is 32.8. The number of hydrogen-bond donors (Lipinski definition) is 0. The van der Waals surface area contributed by atoms with Crippen molar-refractivity contribution in [3.05, 3.63) is 29.8 Å². The van der Waals surface area contributed by atoms with Gasteiger partial charge in [-0.2, -0.15) is 8.42 Å². The standard InChI is InChI=1S/C13H19NO3S/c1-4-5-6-13(17-3)14-18(15,16)12-9-7-11(2)8-10-12/h7-10H,4-6H2,1-3H3. The van der Waals surface area contributed by atoms with Crippen LogP contribution in [0.3, 0.4) is 0 Å². The fraction of sp³-hybridized carbons (Fsp3) is 0.462. The first-order valence-corrected chi connectivity index (χ1v) is 7.38. The van der Waals surface area contributed by atoms with E-state index in [1.165, 1.54) is 7.11 Å². The van der Waals surface area contributed by atoms with E-state index in [0.717, 1.165) is 18.4 Å². The van der Waals surface area contributed by atoms with Crippen molar-refractivity contribution in [2.24, 2.45) is 4.40 Å². The van der Waals surface area contributed by atoms with Crippen LogP contribution in [0.4, 0.5) is 0 Å². The summed E-state index contributed by atoms with van der Waals surface area (Å²) in [6, 6.07) is 6.62. The fourth-order valence-electron chi connectivity index (χ4n) is 1.41. The molecule has 4 nitrogen and oxygen atoms in total. The highest BCUT2D eigenvalue weighted by molar-refractivity contribution is 7.90. The molecule has 0 saturated carbocycles. The average Bonchev–Trinajstić information content (AvgIpc) is 2.35. The molecule has 0 aliphatic rings. The SMILES string of the molecule is CCCCC(=NS(=O)(=O)c1ccc(C)cc1)OC. The number of nitrogens with zero attached hydrogens (tertiary/aromatic N) is 1. The van der Waals surface area contributed by atoms with E-state index in [-0.39, 0.29) is 10.8 Å². The van der Waals surface area contributed by atoms with Gasteiger partial charge < -0.3 is 4.74 Å². The minimum atomic E-state index is -3.66. The van der Waals surface area contributed by atoms with Crippen LogP contribution in [0, 0.1) is 6.92 Å². The summed E-state index contributed by atoms with van der Waals surface area (Å²) in [5, 5.41) is 0. The molecule has 0 N–H and O–H groups in total. The molecule has 1 aromatic rings. The highest BCUT2D eigenvalue weighted by Gasteiger charge is 2.14. The molecule has 5 heteroatoms. The zero-order valence-electron chi connectivity index (χ0n) is 11.0. The van der Waals surface area contributed by atoms with Gasteiger partial charge in [-0.15, -0.1) is 4.40 Å². The molecule has 0 spiro atoms. The molecular weight excluding hydrogens is 250 g/mol. The number of aryl methyl sites for hydroxylation is 1. The van der Waals surface area contributed by atoms with E-state index in [1.807, 2.05) is 13.8 Å². The van der Waals surface area contributed by atoms with E-state index in [0.29, 0.717) is 6.42 Å². The van der Waals surface area contributed by atoms with Gasteiger partial charge in [-0.1, -0.05) is 31.0 Å². The van der Waals surface area contributed by atoms with Crippen molar-refractivity contribution in [2.75, 3.05) is 7.11 Å². The quantitative estimate of drug-likeness (QED) is 0.610. The molecule has 0 saturated heterocycles. The first-order chi connectivity index (χ1) is 8.49. The minimum Gasteiger partial charge on any atom is -0.484 e. The second-order valence-corrected chi connectivity index (χ2v) is 5.68. The second-order valence-electron chi connectivity index (χ2n) is 4.08. The van der Waals surface area contributed by atoms with Crippen molar-refractivity contribution in [3.63, 3.8) is 0 Å². The lowest BCUT2D eigenvalue weighted by molar-refractivity contribution is 0.389. The summed E-state index contributed by atoms with van der Waals surface area (Å²) in [5.74, 6) is 0.262. The molecule has 0 aliphatic heterocycles. The van der Waals surface area contributed by atoms with Crippen LogP contribution in [-0.4, -0.2) is 21.4 Å². The van der Waals surface area contributed by atoms with Gasteiger partial charge in [-0.25, -0.2) is 0 Å². The Bertz CT molecular complexity index is 504. The van der Waals surface area contributed by atoms with E-state index in [9.17, 15) is 8.42 Å². The molecule has 1 aromatic carbocycles. The van der Waals surface area contributed by atoms with Crippen LogP contribution < -0.4 is 0 Å². The fourth-order valence-corrected chi connectivity index (χ4v) is 2.43. The molecule has 0 aliphatic carbocycles. The number of hydrogen-bond acceptors (Lipinski definition) is 3. The Morgan fingerprint density at radius 2 is 1.89 bits per heavy atom. The lowest BCUT2D eigenvalue weighted by atomic mass is 10.2. The van der Waals surface area contributed by atoms with E-state index in [1.54, 1.807) is 24.3 Å². The Kier molecular flexibility index (Phi) is 5.34. The molecule has 0 radical (unpaired) electrons. The third-order valence-electron chi connectivity index (χ3n) is 2.52. The van der Waals surface area contributed by atoms with E-state index in [4.69, 9.17) is 4.74 Å². The third-order valence-corrected chi connectivity index (χ3v) is 3.83. The summed E-state index contributed by atoms with van der Waals surface area (Å²) in [5.41, 5.74) is 1.01. The second kappa shape index (κ2) is 6.54. The molecule has 0 unspecified atom stereocenters. The topological polar surface area (TPSA) is 55.7 Å². The van der Waals surface area contributed by atoms with E-state index >= 15 is 0 Å². The Balaban J connectivity index is 2.98. The minimum absolute atomic E-state index is 0.194. The number of unbranched alkanes of at least 4 members (excludes halogenated alkanes) is 1. The Labute approximate surface area is 109 Å². The Morgan fingerprint density at radius 3 is 2.39 bits per heavy atom. The van der Waals surface area contributed by atoms with Crippen molar-refractivity contribution < 1.29 is 13.2 Å². The van der Waals surface area contributed by atoms with Crippen LogP contribution in [0.25, 0.3) is 0 Å². The van der Waals surface area contributed by atoms with Gasteiger partial charge in [-0.05, 0) is 25.5 Å². The monoisotopic (exact) mass is 269 g/mol. The molecule has 0 atom stereocenters. The zero-order valence-corrected chi connectivity index (χ0v) is 11.8. The third kappa shape index (κ3) is 4.14. The van der Waals surface area contributed by atoms with Gasteiger partial charge in [0, 0.05) is 6.42 Å². The summed E-state index contributed by atoms with van der Waals surface area (Å²) in [6.45, 7) is 3.93. The predicted molar refractivity (Wildman–Crippen MR) is 72.3 cm³/mol. The number of rotatable bonds is 5. The van der Waals surface area contributed by atoms with Crippen LogP contribution in [0.1, 0.15) is 31.7 Å². The molecule has 0 aromatic heterocycles. The summed E-state index contributed by atoms with van der Waals surface area (Å²) in [6.07, 6.45) is 2.36. The van der Waals surface area contributed by atoms with Crippen molar-refractivity contribution in [2.45, 2.75) is 38.0 Å². The van der Waals surface area contributed by atoms with Crippen molar-refractivity contribution in [1.82, 2.24) is 0 Å². The van der Waals surface area contributed by atoms with Gasteiger partial charge in [0.1, 0.15) is 0 Å². The lowest BCUT2D eigenvalue weighted by Gasteiger charge is -2.05. The van der Waals surface area contributed by atoms with Gasteiger partial charge in [0.2, 0.25) is 0 Å². The molecule has 1 rings (SSSR count).